The molecule has 2 nitrogen and oxygen atoms in total. The molecule has 0 N–H and O–H groups in total. The van der Waals surface area contributed by atoms with Crippen LogP contribution in [0, 0.1) is 12.3 Å². The predicted octanol–water partition coefficient (Wildman–Crippen LogP) is 2.19. The number of ether oxygens (including phenoxy) is 2. The Hall–Kier alpha value is -0.520. The van der Waals surface area contributed by atoms with Gasteiger partial charge in [-0.25, -0.2) is 0 Å². The second-order valence-corrected chi connectivity index (χ2v) is 2.60. The Bertz CT molecular complexity index is 115. The van der Waals surface area contributed by atoms with Crippen LogP contribution >= 0.6 is 0 Å². The summed E-state index contributed by atoms with van der Waals surface area (Å²) in [5, 5.41) is 0. The van der Waals surface area contributed by atoms with Gasteiger partial charge < -0.3 is 9.47 Å². The lowest BCUT2D eigenvalue weighted by atomic mass is 10.3. The highest BCUT2D eigenvalue weighted by Crippen LogP contribution is 1.94. The van der Waals surface area contributed by atoms with Gasteiger partial charge in [-0.2, -0.15) is 0 Å². The second kappa shape index (κ2) is 10.5. The Morgan fingerprint density at radius 3 is 2.58 bits per heavy atom. The number of hydrogen-bond donors (Lipinski definition) is 0. The molecule has 0 aromatic carbocycles. The maximum absolute atomic E-state index is 5.19. The van der Waals surface area contributed by atoms with Gasteiger partial charge in [0.05, 0.1) is 6.61 Å². The molecule has 70 valence electrons. The topological polar surface area (TPSA) is 18.5 Å². The molecule has 0 aliphatic rings. The van der Waals surface area contributed by atoms with E-state index in [0.29, 0.717) is 19.8 Å². The van der Waals surface area contributed by atoms with Crippen molar-refractivity contribution in [2.45, 2.75) is 32.6 Å². The zero-order chi connectivity index (χ0) is 9.07. The highest BCUT2D eigenvalue weighted by atomic mass is 16.7. The minimum atomic E-state index is 0.380. The molecule has 0 saturated carbocycles. The first kappa shape index (κ1) is 11.5. The van der Waals surface area contributed by atoms with Crippen LogP contribution in [0.5, 0.6) is 0 Å². The number of unbranched alkanes of at least 4 members (excludes halogenated alkanes) is 2. The smallest absolute Gasteiger partial charge is 0.146 e. The number of terminal acetylenes is 1. The van der Waals surface area contributed by atoms with Crippen LogP contribution in [0.4, 0.5) is 0 Å². The SMILES string of the molecule is C#CCCOCOCCCCC. The highest BCUT2D eigenvalue weighted by molar-refractivity contribution is 4.82. The van der Waals surface area contributed by atoms with Crippen LogP contribution in [0.15, 0.2) is 0 Å². The molecule has 0 radical (unpaired) electrons. The van der Waals surface area contributed by atoms with E-state index < -0.39 is 0 Å². The Balaban J connectivity index is 2.78. The summed E-state index contributed by atoms with van der Waals surface area (Å²) in [6.07, 6.45) is 9.27. The van der Waals surface area contributed by atoms with Crippen LogP contribution < -0.4 is 0 Å². The van der Waals surface area contributed by atoms with Crippen molar-refractivity contribution in [2.75, 3.05) is 20.0 Å². The van der Waals surface area contributed by atoms with Crippen molar-refractivity contribution in [3.63, 3.8) is 0 Å². The van der Waals surface area contributed by atoms with Gasteiger partial charge in [0.2, 0.25) is 0 Å². The molecule has 0 saturated heterocycles. The lowest BCUT2D eigenvalue weighted by Gasteiger charge is -2.03. The Morgan fingerprint density at radius 2 is 1.92 bits per heavy atom. The van der Waals surface area contributed by atoms with Crippen LogP contribution in [-0.4, -0.2) is 20.0 Å². The van der Waals surface area contributed by atoms with Gasteiger partial charge in [0.1, 0.15) is 6.79 Å². The molecule has 0 aliphatic carbocycles. The van der Waals surface area contributed by atoms with Crippen LogP contribution in [0.1, 0.15) is 32.6 Å². The standard InChI is InChI=1S/C10H18O2/c1-3-5-7-9-12-10-11-8-6-4-2/h2H,3,5-10H2,1H3. The summed E-state index contributed by atoms with van der Waals surface area (Å²) in [5.74, 6) is 2.50. The van der Waals surface area contributed by atoms with Gasteiger partial charge in [-0.3, -0.25) is 0 Å². The summed E-state index contributed by atoms with van der Waals surface area (Å²) in [7, 11) is 0. The van der Waals surface area contributed by atoms with Crippen LogP contribution in [-0.2, 0) is 9.47 Å². The number of rotatable bonds is 8. The molecule has 0 fully saturated rings. The van der Waals surface area contributed by atoms with Crippen molar-refractivity contribution in [2.24, 2.45) is 0 Å². The first-order valence-corrected chi connectivity index (χ1v) is 4.50. The maximum atomic E-state index is 5.19. The summed E-state index contributed by atoms with van der Waals surface area (Å²) in [6, 6.07) is 0. The normalized spacial score (nSPS) is 9.67. The van der Waals surface area contributed by atoms with E-state index in [2.05, 4.69) is 12.8 Å². The molecule has 0 rings (SSSR count). The van der Waals surface area contributed by atoms with Crippen molar-refractivity contribution in [3.05, 3.63) is 0 Å². The monoisotopic (exact) mass is 170 g/mol. The van der Waals surface area contributed by atoms with Gasteiger partial charge in [-0.1, -0.05) is 19.8 Å². The van der Waals surface area contributed by atoms with Crippen molar-refractivity contribution in [1.82, 2.24) is 0 Å². The average Bonchev–Trinajstić information content (AvgIpc) is 2.10. The van der Waals surface area contributed by atoms with E-state index >= 15 is 0 Å². The van der Waals surface area contributed by atoms with Crippen molar-refractivity contribution in [1.29, 1.82) is 0 Å². The number of hydrogen-bond acceptors (Lipinski definition) is 2. The summed E-state index contributed by atoms with van der Waals surface area (Å²) in [4.78, 5) is 0. The minimum Gasteiger partial charge on any atom is -0.355 e. The molecule has 0 spiro atoms. The van der Waals surface area contributed by atoms with E-state index in [1.54, 1.807) is 0 Å². The van der Waals surface area contributed by atoms with Gasteiger partial charge in [0.15, 0.2) is 0 Å². The molecule has 0 aromatic rings. The fourth-order valence-electron chi connectivity index (χ4n) is 0.762. The van der Waals surface area contributed by atoms with Crippen LogP contribution in [0.3, 0.4) is 0 Å². The zero-order valence-electron chi connectivity index (χ0n) is 7.84. The third kappa shape index (κ3) is 9.48. The minimum absolute atomic E-state index is 0.380. The summed E-state index contributed by atoms with van der Waals surface area (Å²) in [6.45, 7) is 3.95. The molecule has 0 aromatic heterocycles. The quantitative estimate of drug-likeness (QED) is 0.316. The van der Waals surface area contributed by atoms with Crippen molar-refractivity contribution >= 4 is 0 Å². The third-order valence-electron chi connectivity index (χ3n) is 1.45. The van der Waals surface area contributed by atoms with E-state index in [4.69, 9.17) is 15.9 Å². The van der Waals surface area contributed by atoms with Gasteiger partial charge in [0, 0.05) is 13.0 Å². The molecular weight excluding hydrogens is 152 g/mol. The molecule has 0 aliphatic heterocycles. The Morgan fingerprint density at radius 1 is 1.17 bits per heavy atom. The second-order valence-electron chi connectivity index (χ2n) is 2.60. The largest absolute Gasteiger partial charge is 0.355 e. The van der Waals surface area contributed by atoms with Crippen LogP contribution in [0.2, 0.25) is 0 Å². The fraction of sp³-hybridized carbons (Fsp3) is 0.800. The summed E-state index contributed by atoms with van der Waals surface area (Å²) < 4.78 is 10.3. The van der Waals surface area contributed by atoms with Crippen LogP contribution in [0.25, 0.3) is 0 Å². The first-order chi connectivity index (χ1) is 5.91. The molecule has 12 heavy (non-hydrogen) atoms. The molecule has 0 bridgehead atoms. The van der Waals surface area contributed by atoms with E-state index in [1.165, 1.54) is 12.8 Å². The summed E-state index contributed by atoms with van der Waals surface area (Å²) >= 11 is 0. The molecular formula is C10H18O2. The van der Waals surface area contributed by atoms with E-state index in [9.17, 15) is 0 Å². The zero-order valence-corrected chi connectivity index (χ0v) is 7.84. The van der Waals surface area contributed by atoms with E-state index in [-0.39, 0.29) is 0 Å². The van der Waals surface area contributed by atoms with Crippen molar-refractivity contribution < 1.29 is 9.47 Å². The lowest BCUT2D eigenvalue weighted by Crippen LogP contribution is -2.02. The molecule has 0 atom stereocenters. The highest BCUT2D eigenvalue weighted by Gasteiger charge is 1.87. The predicted molar refractivity (Wildman–Crippen MR) is 49.7 cm³/mol. The Kier molecular flexibility index (Phi) is 10.0. The molecule has 0 amide bonds. The van der Waals surface area contributed by atoms with Crippen molar-refractivity contribution in [3.8, 4) is 12.3 Å². The van der Waals surface area contributed by atoms with Gasteiger partial charge in [-0.05, 0) is 6.42 Å². The summed E-state index contributed by atoms with van der Waals surface area (Å²) in [5.41, 5.74) is 0. The first-order valence-electron chi connectivity index (χ1n) is 4.50. The maximum Gasteiger partial charge on any atom is 0.146 e. The average molecular weight is 170 g/mol. The van der Waals surface area contributed by atoms with Gasteiger partial charge in [0.25, 0.3) is 0 Å². The van der Waals surface area contributed by atoms with Gasteiger partial charge >= 0.3 is 0 Å². The molecule has 2 heteroatoms. The third-order valence-corrected chi connectivity index (χ3v) is 1.45. The molecule has 0 heterocycles. The van der Waals surface area contributed by atoms with E-state index in [1.807, 2.05) is 0 Å². The van der Waals surface area contributed by atoms with Gasteiger partial charge in [-0.15, -0.1) is 12.3 Å². The Labute approximate surface area is 75.3 Å². The fourth-order valence-corrected chi connectivity index (χ4v) is 0.762. The molecule has 0 unspecified atom stereocenters. The lowest BCUT2D eigenvalue weighted by molar-refractivity contribution is -0.0527. The van der Waals surface area contributed by atoms with E-state index in [0.717, 1.165) is 13.0 Å².